The van der Waals surface area contributed by atoms with Crippen LogP contribution in [0.3, 0.4) is 0 Å². The van der Waals surface area contributed by atoms with Gasteiger partial charge in [-0.15, -0.1) is 16.4 Å². The highest BCUT2D eigenvalue weighted by Gasteiger charge is 2.18. The van der Waals surface area contributed by atoms with Crippen LogP contribution in [-0.2, 0) is 0 Å². The molecule has 0 unspecified atom stereocenters. The Balaban J connectivity index is 1.78. The topological polar surface area (TPSA) is 81.2 Å². The fraction of sp³-hybridized carbons (Fsp3) is 0. The normalized spacial score (nSPS) is 10.8. The standard InChI is InChI=1S/C11H4BrCl2N3O3S/c12-6-2-1-5(19-6)10-16-17-11(20-10)15-9(18)4-3-7(13)21-8(4)14/h1-3H,(H,15,17,18). The summed E-state index contributed by atoms with van der Waals surface area (Å²) in [6.07, 6.45) is 0. The van der Waals surface area contributed by atoms with E-state index in [1.807, 2.05) is 0 Å². The van der Waals surface area contributed by atoms with Gasteiger partial charge in [-0.1, -0.05) is 28.3 Å². The molecule has 0 bridgehead atoms. The van der Waals surface area contributed by atoms with E-state index in [1.165, 1.54) is 6.07 Å². The quantitative estimate of drug-likeness (QED) is 0.678. The Bertz CT molecular complexity index is 813. The van der Waals surface area contributed by atoms with Crippen molar-refractivity contribution in [3.8, 4) is 11.7 Å². The summed E-state index contributed by atoms with van der Waals surface area (Å²) in [5.74, 6) is 0.0379. The van der Waals surface area contributed by atoms with Crippen molar-refractivity contribution in [2.75, 3.05) is 5.32 Å². The van der Waals surface area contributed by atoms with E-state index >= 15 is 0 Å². The molecule has 108 valence electrons. The van der Waals surface area contributed by atoms with Crippen LogP contribution in [0.2, 0.25) is 8.67 Å². The molecule has 0 saturated carbocycles. The molecular formula is C11H4BrCl2N3O3S. The van der Waals surface area contributed by atoms with E-state index in [4.69, 9.17) is 32.0 Å². The molecule has 3 aromatic heterocycles. The van der Waals surface area contributed by atoms with Crippen LogP contribution in [-0.4, -0.2) is 16.1 Å². The average Bonchev–Trinajstić information content (AvgIpc) is 3.10. The predicted molar refractivity (Wildman–Crippen MR) is 82.0 cm³/mol. The minimum atomic E-state index is -0.487. The number of rotatable bonds is 3. The van der Waals surface area contributed by atoms with Crippen molar-refractivity contribution in [2.24, 2.45) is 0 Å². The van der Waals surface area contributed by atoms with Gasteiger partial charge in [0.15, 0.2) is 10.4 Å². The van der Waals surface area contributed by atoms with Crippen molar-refractivity contribution >= 4 is 62.4 Å². The molecule has 10 heteroatoms. The number of hydrogen-bond acceptors (Lipinski definition) is 6. The molecule has 0 saturated heterocycles. The second-order valence-corrected chi connectivity index (χ2v) is 6.78. The van der Waals surface area contributed by atoms with Crippen LogP contribution in [0.1, 0.15) is 10.4 Å². The highest BCUT2D eigenvalue weighted by Crippen LogP contribution is 2.31. The van der Waals surface area contributed by atoms with E-state index in [0.717, 1.165) is 11.3 Å². The Labute approximate surface area is 140 Å². The number of nitrogens with zero attached hydrogens (tertiary/aromatic N) is 2. The van der Waals surface area contributed by atoms with Gasteiger partial charge in [-0.25, -0.2) is 0 Å². The Morgan fingerprint density at radius 2 is 2.10 bits per heavy atom. The van der Waals surface area contributed by atoms with Gasteiger partial charge >= 0.3 is 6.01 Å². The molecule has 0 aliphatic heterocycles. The lowest BCUT2D eigenvalue weighted by Gasteiger charge is -1.97. The number of carbonyl (C=O) groups excluding carboxylic acids is 1. The molecule has 0 radical (unpaired) electrons. The van der Waals surface area contributed by atoms with Crippen molar-refractivity contribution in [1.82, 2.24) is 10.2 Å². The van der Waals surface area contributed by atoms with E-state index < -0.39 is 5.91 Å². The van der Waals surface area contributed by atoms with Gasteiger partial charge in [0.05, 0.1) is 9.90 Å². The Hall–Kier alpha value is -1.35. The van der Waals surface area contributed by atoms with E-state index in [9.17, 15) is 4.79 Å². The molecule has 1 amide bonds. The minimum Gasteiger partial charge on any atom is -0.444 e. The smallest absolute Gasteiger partial charge is 0.322 e. The molecular weight excluding hydrogens is 405 g/mol. The Morgan fingerprint density at radius 3 is 2.71 bits per heavy atom. The van der Waals surface area contributed by atoms with Crippen LogP contribution >= 0.6 is 50.5 Å². The van der Waals surface area contributed by atoms with Crippen molar-refractivity contribution in [3.63, 3.8) is 0 Å². The maximum atomic E-state index is 12.0. The molecule has 21 heavy (non-hydrogen) atoms. The predicted octanol–water partition coefficient (Wildman–Crippen LogP) is 4.71. The third kappa shape index (κ3) is 3.13. The number of thiophene rings is 1. The highest BCUT2D eigenvalue weighted by atomic mass is 79.9. The largest absolute Gasteiger partial charge is 0.444 e. The molecule has 0 atom stereocenters. The molecule has 6 nitrogen and oxygen atoms in total. The van der Waals surface area contributed by atoms with Crippen molar-refractivity contribution in [1.29, 1.82) is 0 Å². The third-order valence-electron chi connectivity index (χ3n) is 2.33. The molecule has 0 spiro atoms. The first-order valence-electron chi connectivity index (χ1n) is 5.38. The lowest BCUT2D eigenvalue weighted by atomic mass is 10.3. The van der Waals surface area contributed by atoms with E-state index in [0.29, 0.717) is 14.8 Å². The van der Waals surface area contributed by atoms with E-state index in [-0.39, 0.29) is 21.8 Å². The van der Waals surface area contributed by atoms with Gasteiger partial charge in [0.2, 0.25) is 0 Å². The summed E-state index contributed by atoms with van der Waals surface area (Å²) >= 11 is 15.9. The number of halogens is 3. The first-order chi connectivity index (χ1) is 10.0. The lowest BCUT2D eigenvalue weighted by Crippen LogP contribution is -2.11. The first-order valence-corrected chi connectivity index (χ1v) is 7.75. The van der Waals surface area contributed by atoms with E-state index in [1.54, 1.807) is 12.1 Å². The van der Waals surface area contributed by atoms with Crippen molar-refractivity contribution < 1.29 is 13.6 Å². The summed E-state index contributed by atoms with van der Waals surface area (Å²) in [7, 11) is 0. The number of furan rings is 1. The molecule has 3 rings (SSSR count). The lowest BCUT2D eigenvalue weighted by molar-refractivity contribution is 0.102. The molecule has 1 N–H and O–H groups in total. The van der Waals surface area contributed by atoms with E-state index in [2.05, 4.69) is 31.4 Å². The fourth-order valence-electron chi connectivity index (χ4n) is 1.46. The SMILES string of the molecule is O=C(Nc1nnc(-c2ccc(Br)o2)o1)c1cc(Cl)sc1Cl. The second kappa shape index (κ2) is 5.80. The number of carbonyl (C=O) groups is 1. The molecule has 0 aliphatic carbocycles. The Morgan fingerprint density at radius 1 is 1.29 bits per heavy atom. The summed E-state index contributed by atoms with van der Waals surface area (Å²) < 4.78 is 11.8. The molecule has 0 fully saturated rings. The number of nitrogens with one attached hydrogen (secondary N) is 1. The summed E-state index contributed by atoms with van der Waals surface area (Å²) in [5, 5.41) is 9.92. The molecule has 0 aliphatic rings. The van der Waals surface area contributed by atoms with Crippen LogP contribution in [0, 0.1) is 0 Å². The maximum Gasteiger partial charge on any atom is 0.322 e. The van der Waals surface area contributed by atoms with Crippen LogP contribution in [0.25, 0.3) is 11.7 Å². The zero-order valence-electron chi connectivity index (χ0n) is 9.89. The highest BCUT2D eigenvalue weighted by molar-refractivity contribution is 9.10. The van der Waals surface area contributed by atoms with Crippen LogP contribution < -0.4 is 5.32 Å². The van der Waals surface area contributed by atoms with Gasteiger partial charge in [-0.2, -0.15) is 0 Å². The Kier molecular flexibility index (Phi) is 4.03. The summed E-state index contributed by atoms with van der Waals surface area (Å²) in [6, 6.07) is 4.73. The summed E-state index contributed by atoms with van der Waals surface area (Å²) in [4.78, 5) is 12.0. The van der Waals surface area contributed by atoms with Gasteiger partial charge in [0, 0.05) is 0 Å². The summed E-state index contributed by atoms with van der Waals surface area (Å²) in [5.41, 5.74) is 0.243. The summed E-state index contributed by atoms with van der Waals surface area (Å²) in [6.45, 7) is 0. The maximum absolute atomic E-state index is 12.0. The zero-order chi connectivity index (χ0) is 15.0. The van der Waals surface area contributed by atoms with Gasteiger partial charge in [-0.3, -0.25) is 10.1 Å². The third-order valence-corrected chi connectivity index (χ3v) is 4.24. The van der Waals surface area contributed by atoms with Crippen LogP contribution in [0.5, 0.6) is 0 Å². The van der Waals surface area contributed by atoms with Gasteiger partial charge in [0.25, 0.3) is 11.8 Å². The zero-order valence-corrected chi connectivity index (χ0v) is 13.8. The minimum absolute atomic E-state index is 0.0686. The number of anilines is 1. The van der Waals surface area contributed by atoms with Crippen LogP contribution in [0.15, 0.2) is 31.7 Å². The number of aromatic nitrogens is 2. The number of hydrogen-bond donors (Lipinski definition) is 1. The van der Waals surface area contributed by atoms with Gasteiger partial charge < -0.3 is 8.83 Å². The van der Waals surface area contributed by atoms with Crippen molar-refractivity contribution in [2.45, 2.75) is 0 Å². The second-order valence-electron chi connectivity index (χ2n) is 3.71. The van der Waals surface area contributed by atoms with Crippen LogP contribution in [0.4, 0.5) is 6.01 Å². The molecule has 3 heterocycles. The van der Waals surface area contributed by atoms with Gasteiger partial charge in [-0.05, 0) is 34.1 Å². The number of amides is 1. The fourth-order valence-corrected chi connectivity index (χ4v) is 3.23. The van der Waals surface area contributed by atoms with Gasteiger partial charge in [0.1, 0.15) is 4.34 Å². The monoisotopic (exact) mass is 407 g/mol. The van der Waals surface area contributed by atoms with Crippen molar-refractivity contribution in [3.05, 3.63) is 37.1 Å². The average molecular weight is 409 g/mol. The molecule has 3 aromatic rings. The first kappa shape index (κ1) is 14.6. The molecule has 0 aromatic carbocycles.